The van der Waals surface area contributed by atoms with E-state index < -0.39 is 0 Å². The molecule has 0 saturated carbocycles. The Morgan fingerprint density at radius 1 is 0.186 bits per heavy atom. The maximum Gasteiger partial charge on any atom is 0.164 e. The van der Waals surface area contributed by atoms with Crippen molar-refractivity contribution in [3.8, 4) is 158 Å². The van der Waals surface area contributed by atoms with Crippen molar-refractivity contribution in [3.05, 3.63) is 401 Å². The van der Waals surface area contributed by atoms with Crippen LogP contribution < -0.4 is 0 Å². The first-order valence-corrected chi connectivity index (χ1v) is 40.8. The van der Waals surface area contributed by atoms with Gasteiger partial charge in [-0.1, -0.05) is 315 Å². The van der Waals surface area contributed by atoms with E-state index in [2.05, 4.69) is 302 Å². The minimum Gasteiger partial charge on any atom is -0.264 e. The van der Waals surface area contributed by atoms with Crippen molar-refractivity contribution < 1.29 is 0 Å². The van der Waals surface area contributed by atoms with Crippen molar-refractivity contribution in [2.45, 2.75) is 0 Å². The Hall–Kier alpha value is -15.3. The number of fused-ring (bicyclic) bond motifs is 10. The highest BCUT2D eigenvalue weighted by molar-refractivity contribution is 7.27. The predicted octanol–water partition coefficient (Wildman–Crippen LogP) is 27.7. The second-order valence-electron chi connectivity index (χ2n) is 29.0. The summed E-state index contributed by atoms with van der Waals surface area (Å²) in [5, 5.41) is 5.92. The van der Waals surface area contributed by atoms with Gasteiger partial charge >= 0.3 is 0 Å². The first-order chi connectivity index (χ1) is 58.4. The molecule has 12 heteroatoms. The standard InChI is InChI=1S/2C53H33N5S/c1-3-13-34(14-4-1)35-26-28-37(29-27-35)52-56-51(36-15-5-2-6-16-36)57-53(58-52)43-22-11-20-41(33-43)39-18-9-17-38(31-39)40-19-10-21-42(32-40)48-50-47(44-23-7-8-25-46(44)59-50)49-45(55-48)24-12-30-54-49;1-3-12-34(13-4-1)35-24-26-37(27-25-35)52-56-51(36-14-5-2-6-15-36)57-53(58-52)43-21-11-19-41(32-43)39-17-9-16-38(30-39)40-18-10-20-42(31-40)49-50-48(44-22-7-8-23-47(44)59-50)45-33-54-29-28-46(45)55-49/h2*1-33H. The summed E-state index contributed by atoms with van der Waals surface area (Å²) in [4.78, 5) is 49.8. The van der Waals surface area contributed by atoms with Crippen LogP contribution in [0.15, 0.2) is 401 Å². The summed E-state index contributed by atoms with van der Waals surface area (Å²) in [7, 11) is 0. The van der Waals surface area contributed by atoms with Crippen LogP contribution in [0.5, 0.6) is 0 Å². The van der Waals surface area contributed by atoms with Crippen molar-refractivity contribution in [1.82, 2.24) is 49.8 Å². The zero-order valence-electron chi connectivity index (χ0n) is 63.4. The van der Waals surface area contributed by atoms with Gasteiger partial charge in [0.15, 0.2) is 34.9 Å². The molecular formula is C106H66N10S2. The fourth-order valence-corrected chi connectivity index (χ4v) is 18.2. The zero-order chi connectivity index (χ0) is 78.2. The third-order valence-corrected chi connectivity index (χ3v) is 23.9. The minimum absolute atomic E-state index is 0.623. The van der Waals surface area contributed by atoms with Crippen molar-refractivity contribution in [2.75, 3.05) is 0 Å². The van der Waals surface area contributed by atoms with Crippen molar-refractivity contribution >= 4 is 85.0 Å². The van der Waals surface area contributed by atoms with Crippen LogP contribution in [-0.2, 0) is 0 Å². The van der Waals surface area contributed by atoms with E-state index in [1.807, 2.05) is 104 Å². The Balaban J connectivity index is 0.000000147. The van der Waals surface area contributed by atoms with Gasteiger partial charge in [0.2, 0.25) is 0 Å². The summed E-state index contributed by atoms with van der Waals surface area (Å²) < 4.78 is 4.81. The minimum atomic E-state index is 0.623. The van der Waals surface area contributed by atoms with Gasteiger partial charge in [0.05, 0.1) is 37.3 Å². The maximum absolute atomic E-state index is 5.23. The van der Waals surface area contributed by atoms with E-state index in [9.17, 15) is 0 Å². The Bertz CT molecular complexity index is 7100. The van der Waals surface area contributed by atoms with Crippen molar-refractivity contribution in [3.63, 3.8) is 0 Å². The van der Waals surface area contributed by atoms with Gasteiger partial charge in [-0.25, -0.2) is 39.9 Å². The summed E-state index contributed by atoms with van der Waals surface area (Å²) >= 11 is 3.57. The largest absolute Gasteiger partial charge is 0.264 e. The molecule has 10 nitrogen and oxygen atoms in total. The van der Waals surface area contributed by atoms with Crippen molar-refractivity contribution in [2.24, 2.45) is 0 Å². The van der Waals surface area contributed by atoms with Crippen LogP contribution >= 0.6 is 22.7 Å². The number of pyridine rings is 4. The smallest absolute Gasteiger partial charge is 0.164 e. The van der Waals surface area contributed by atoms with Crippen LogP contribution in [0.3, 0.4) is 0 Å². The molecular weight excluding hydrogens is 1480 g/mol. The lowest BCUT2D eigenvalue weighted by atomic mass is 9.96. The third-order valence-electron chi connectivity index (χ3n) is 21.6. The Morgan fingerprint density at radius 2 is 0.483 bits per heavy atom. The lowest BCUT2D eigenvalue weighted by Gasteiger charge is -2.11. The number of rotatable bonds is 14. The third kappa shape index (κ3) is 13.9. The molecule has 22 aromatic rings. The second-order valence-corrected chi connectivity index (χ2v) is 31.1. The highest BCUT2D eigenvalue weighted by Gasteiger charge is 2.22. The summed E-state index contributed by atoms with van der Waals surface area (Å²) in [5.74, 6) is 3.78. The van der Waals surface area contributed by atoms with Crippen LogP contribution in [0.2, 0.25) is 0 Å². The Morgan fingerprint density at radius 3 is 0.907 bits per heavy atom. The van der Waals surface area contributed by atoms with E-state index >= 15 is 0 Å². The molecule has 0 bridgehead atoms. The number of hydrogen-bond donors (Lipinski definition) is 0. The molecule has 0 radical (unpaired) electrons. The fraction of sp³-hybridized carbons (Fsp3) is 0. The number of aromatic nitrogens is 10. The highest BCUT2D eigenvalue weighted by atomic mass is 32.1. The van der Waals surface area contributed by atoms with Crippen LogP contribution in [0.1, 0.15) is 0 Å². The van der Waals surface area contributed by atoms with E-state index in [1.54, 1.807) is 22.7 Å². The van der Waals surface area contributed by atoms with Gasteiger partial charge in [-0.15, -0.1) is 22.7 Å². The summed E-state index contributed by atoms with van der Waals surface area (Å²) in [6, 6.07) is 133. The molecule has 22 rings (SSSR count). The Labute approximate surface area is 688 Å². The van der Waals surface area contributed by atoms with E-state index in [-0.39, 0.29) is 0 Å². The molecule has 118 heavy (non-hydrogen) atoms. The predicted molar refractivity (Wildman–Crippen MR) is 488 cm³/mol. The lowest BCUT2D eigenvalue weighted by molar-refractivity contribution is 1.07. The molecule has 0 aliphatic rings. The molecule has 0 N–H and O–H groups in total. The molecule has 8 heterocycles. The first kappa shape index (κ1) is 70.5. The van der Waals surface area contributed by atoms with E-state index in [0.717, 1.165) is 138 Å². The molecule has 0 fully saturated rings. The number of thiophene rings is 2. The quantitative estimate of drug-likeness (QED) is 0.104. The topological polar surface area (TPSA) is 129 Å². The zero-order valence-corrected chi connectivity index (χ0v) is 65.0. The molecule has 552 valence electrons. The molecule has 0 spiro atoms. The SMILES string of the molecule is c1ccc(-c2ccc(-c3nc(-c4ccccc4)nc(-c4cccc(-c5cccc(-c6cccc(-c7nc8cccnc8c8c7sc7ccccc78)c6)c5)c4)n3)cc2)cc1.c1ccc(-c2ccc(-c3nc(-c4ccccc4)nc(-c4cccc(-c5cccc(-c6cccc(-c7nc8ccncc8c8c7sc7ccccc78)c6)c5)c4)n3)cc2)cc1. The molecule has 8 aromatic heterocycles. The monoisotopic (exact) mass is 1540 g/mol. The average molecular weight is 1540 g/mol. The van der Waals surface area contributed by atoms with E-state index in [1.165, 1.54) is 46.8 Å². The Kier molecular flexibility index (Phi) is 18.4. The van der Waals surface area contributed by atoms with E-state index in [4.69, 9.17) is 44.9 Å². The number of hydrogen-bond acceptors (Lipinski definition) is 12. The maximum atomic E-state index is 5.23. The van der Waals surface area contributed by atoms with Gasteiger partial charge in [-0.2, -0.15) is 0 Å². The van der Waals surface area contributed by atoms with Crippen LogP contribution in [-0.4, -0.2) is 49.8 Å². The van der Waals surface area contributed by atoms with Gasteiger partial charge in [-0.05, 0) is 133 Å². The molecule has 0 aliphatic heterocycles. The lowest BCUT2D eigenvalue weighted by Crippen LogP contribution is -2.00. The van der Waals surface area contributed by atoms with Crippen molar-refractivity contribution in [1.29, 1.82) is 0 Å². The molecule has 0 amide bonds. The number of nitrogens with zero attached hydrogens (tertiary/aromatic N) is 10. The van der Waals surface area contributed by atoms with Gasteiger partial charge in [0, 0.05) is 99.4 Å². The van der Waals surface area contributed by atoms with E-state index in [0.29, 0.717) is 34.9 Å². The second kappa shape index (κ2) is 30.9. The summed E-state index contributed by atoms with van der Waals surface area (Å²) in [6.45, 7) is 0. The summed E-state index contributed by atoms with van der Waals surface area (Å²) in [5.41, 5.74) is 26.0. The average Bonchev–Trinajstić information content (AvgIpc) is 1.57. The van der Waals surface area contributed by atoms with Crippen LogP contribution in [0.4, 0.5) is 0 Å². The number of benzene rings is 14. The van der Waals surface area contributed by atoms with Gasteiger partial charge in [0.25, 0.3) is 0 Å². The molecule has 0 aliphatic carbocycles. The normalized spacial score (nSPS) is 11.4. The van der Waals surface area contributed by atoms with Crippen LogP contribution in [0.25, 0.3) is 220 Å². The molecule has 0 saturated heterocycles. The molecule has 0 unspecified atom stereocenters. The highest BCUT2D eigenvalue weighted by Crippen LogP contribution is 2.46. The molecule has 14 aromatic carbocycles. The van der Waals surface area contributed by atoms with Gasteiger partial charge < -0.3 is 0 Å². The van der Waals surface area contributed by atoms with Crippen LogP contribution in [0, 0.1) is 0 Å². The van der Waals surface area contributed by atoms with Gasteiger partial charge in [0.1, 0.15) is 0 Å². The summed E-state index contributed by atoms with van der Waals surface area (Å²) in [6.07, 6.45) is 5.62. The molecule has 0 atom stereocenters. The van der Waals surface area contributed by atoms with Gasteiger partial charge in [-0.3, -0.25) is 9.97 Å². The first-order valence-electron chi connectivity index (χ1n) is 39.1. The fourth-order valence-electron chi connectivity index (χ4n) is 15.7.